The Kier molecular flexibility index (Phi) is 4.40. The van der Waals surface area contributed by atoms with E-state index in [9.17, 15) is 4.53 Å². The summed E-state index contributed by atoms with van der Waals surface area (Å²) in [7, 11) is 0. The molecule has 2 nitrogen and oxygen atoms in total. The molecule has 0 bridgehead atoms. The summed E-state index contributed by atoms with van der Waals surface area (Å²) >= 11 is 0. The van der Waals surface area contributed by atoms with Crippen LogP contribution in [0.25, 0.3) is 0 Å². The van der Waals surface area contributed by atoms with Gasteiger partial charge in [0.1, 0.15) is 5.75 Å². The van der Waals surface area contributed by atoms with E-state index in [0.29, 0.717) is 13.0 Å². The van der Waals surface area contributed by atoms with Crippen molar-refractivity contribution in [2.45, 2.75) is 20.3 Å². The number of halogens is 1. The van der Waals surface area contributed by atoms with Gasteiger partial charge in [-0.25, -0.2) is 0 Å². The van der Waals surface area contributed by atoms with Gasteiger partial charge in [0, 0.05) is 6.42 Å². The molecule has 0 N–H and O–H groups in total. The van der Waals surface area contributed by atoms with Crippen LogP contribution < -0.4 is 4.74 Å². The van der Waals surface area contributed by atoms with Crippen molar-refractivity contribution in [1.29, 1.82) is 0 Å². The molecule has 0 spiro atoms. The van der Waals surface area contributed by atoms with Crippen LogP contribution in [-0.2, 0) is 4.94 Å². The van der Waals surface area contributed by atoms with Crippen molar-refractivity contribution in [2.24, 2.45) is 0 Å². The first-order chi connectivity index (χ1) is 6.74. The number of hydrogen-bond donors (Lipinski definition) is 0. The SMILES string of the molecule is Cc1ccc(OCCCOF)cc1C. The molecule has 0 aliphatic rings. The van der Waals surface area contributed by atoms with E-state index in [1.54, 1.807) is 0 Å². The number of rotatable bonds is 5. The van der Waals surface area contributed by atoms with Crippen LogP contribution in [0.1, 0.15) is 17.5 Å². The van der Waals surface area contributed by atoms with Gasteiger partial charge in [0.05, 0.1) is 13.2 Å². The van der Waals surface area contributed by atoms with E-state index in [2.05, 4.69) is 11.9 Å². The minimum atomic E-state index is 0.0881. The van der Waals surface area contributed by atoms with Crippen molar-refractivity contribution >= 4 is 0 Å². The molecule has 0 heterocycles. The molecule has 3 heteroatoms. The predicted molar refractivity (Wildman–Crippen MR) is 53.1 cm³/mol. The Morgan fingerprint density at radius 1 is 1.14 bits per heavy atom. The third-order valence-electron chi connectivity index (χ3n) is 2.11. The van der Waals surface area contributed by atoms with Crippen molar-refractivity contribution in [2.75, 3.05) is 13.2 Å². The highest BCUT2D eigenvalue weighted by Crippen LogP contribution is 2.16. The highest BCUT2D eigenvalue weighted by molar-refractivity contribution is 5.33. The highest BCUT2D eigenvalue weighted by Gasteiger charge is 1.97. The molecule has 0 aliphatic carbocycles. The number of ether oxygens (including phenoxy) is 1. The van der Waals surface area contributed by atoms with E-state index in [-0.39, 0.29) is 6.61 Å². The van der Waals surface area contributed by atoms with Crippen LogP contribution in [0, 0.1) is 13.8 Å². The summed E-state index contributed by atoms with van der Waals surface area (Å²) in [5.74, 6) is 0.826. The second kappa shape index (κ2) is 5.60. The fourth-order valence-electron chi connectivity index (χ4n) is 1.11. The molecule has 1 aromatic rings. The van der Waals surface area contributed by atoms with Crippen molar-refractivity contribution in [3.8, 4) is 5.75 Å². The maximum Gasteiger partial charge on any atom is 0.119 e. The van der Waals surface area contributed by atoms with Gasteiger partial charge in [-0.05, 0) is 41.6 Å². The van der Waals surface area contributed by atoms with Crippen LogP contribution in [0.5, 0.6) is 5.75 Å². The summed E-state index contributed by atoms with van der Waals surface area (Å²) in [6, 6.07) is 5.90. The van der Waals surface area contributed by atoms with Crippen LogP contribution >= 0.6 is 0 Å². The lowest BCUT2D eigenvalue weighted by molar-refractivity contribution is -0.134. The minimum Gasteiger partial charge on any atom is -0.493 e. The Morgan fingerprint density at radius 2 is 1.93 bits per heavy atom. The molecule has 0 atom stereocenters. The lowest BCUT2D eigenvalue weighted by Crippen LogP contribution is -2.00. The first-order valence-electron chi connectivity index (χ1n) is 4.67. The molecule has 0 aliphatic heterocycles. The smallest absolute Gasteiger partial charge is 0.119 e. The van der Waals surface area contributed by atoms with Crippen molar-refractivity contribution in [3.05, 3.63) is 29.3 Å². The molecule has 14 heavy (non-hydrogen) atoms. The maximum absolute atomic E-state index is 11.3. The third kappa shape index (κ3) is 3.34. The molecule has 78 valence electrons. The Balaban J connectivity index is 2.39. The van der Waals surface area contributed by atoms with Crippen LogP contribution in [0.4, 0.5) is 4.53 Å². The van der Waals surface area contributed by atoms with Crippen LogP contribution in [0.15, 0.2) is 18.2 Å². The molecule has 1 aromatic carbocycles. The molecule has 0 saturated heterocycles. The molecule has 0 radical (unpaired) electrons. The van der Waals surface area contributed by atoms with E-state index >= 15 is 0 Å². The molecule has 0 fully saturated rings. The van der Waals surface area contributed by atoms with Crippen molar-refractivity contribution < 1.29 is 14.2 Å². The van der Waals surface area contributed by atoms with Gasteiger partial charge in [-0.3, -0.25) is 0 Å². The van der Waals surface area contributed by atoms with E-state index in [1.807, 2.05) is 25.1 Å². The first kappa shape index (κ1) is 11.0. The summed E-state index contributed by atoms with van der Waals surface area (Å²) in [6.07, 6.45) is 0.559. The third-order valence-corrected chi connectivity index (χ3v) is 2.11. The molecular formula is C11H15FO2. The lowest BCUT2D eigenvalue weighted by atomic mass is 10.1. The van der Waals surface area contributed by atoms with E-state index in [4.69, 9.17) is 4.74 Å². The summed E-state index contributed by atoms with van der Waals surface area (Å²) in [4.78, 5) is 3.44. The summed E-state index contributed by atoms with van der Waals surface area (Å²) in [6.45, 7) is 4.65. The maximum atomic E-state index is 11.3. The van der Waals surface area contributed by atoms with Gasteiger partial charge in [-0.15, -0.1) is 0 Å². The van der Waals surface area contributed by atoms with E-state index in [0.717, 1.165) is 5.75 Å². The lowest BCUT2D eigenvalue weighted by Gasteiger charge is -2.07. The number of hydrogen-bond acceptors (Lipinski definition) is 2. The Labute approximate surface area is 83.5 Å². The molecule has 0 saturated carbocycles. The second-order valence-electron chi connectivity index (χ2n) is 3.26. The zero-order valence-electron chi connectivity index (χ0n) is 8.55. The minimum absolute atomic E-state index is 0.0881. The predicted octanol–water partition coefficient (Wildman–Crippen LogP) is 2.97. The average Bonchev–Trinajstić information content (AvgIpc) is 2.18. The quantitative estimate of drug-likeness (QED) is 0.677. The van der Waals surface area contributed by atoms with E-state index < -0.39 is 0 Å². The average molecular weight is 198 g/mol. The van der Waals surface area contributed by atoms with Gasteiger partial charge < -0.3 is 4.74 Å². The Bertz CT molecular complexity index is 287. The van der Waals surface area contributed by atoms with Crippen molar-refractivity contribution in [1.82, 2.24) is 0 Å². The molecule has 1 rings (SSSR count). The largest absolute Gasteiger partial charge is 0.493 e. The van der Waals surface area contributed by atoms with Gasteiger partial charge in [-0.2, -0.15) is 4.94 Å². The first-order valence-corrected chi connectivity index (χ1v) is 4.67. The van der Waals surface area contributed by atoms with Gasteiger partial charge in [-0.1, -0.05) is 6.07 Å². The van der Waals surface area contributed by atoms with Gasteiger partial charge >= 0.3 is 0 Å². The van der Waals surface area contributed by atoms with Crippen LogP contribution in [0.2, 0.25) is 0 Å². The number of aryl methyl sites for hydroxylation is 2. The standard InChI is InChI=1S/C11H15FO2/c1-9-4-5-11(8-10(9)2)13-6-3-7-14-12/h4-5,8H,3,6-7H2,1-2H3. The van der Waals surface area contributed by atoms with Gasteiger partial charge in [0.2, 0.25) is 0 Å². The topological polar surface area (TPSA) is 18.5 Å². The monoisotopic (exact) mass is 198 g/mol. The fraction of sp³-hybridized carbons (Fsp3) is 0.455. The summed E-state index contributed by atoms with van der Waals surface area (Å²) in [5.41, 5.74) is 2.44. The Hall–Kier alpha value is -1.09. The zero-order valence-corrected chi connectivity index (χ0v) is 8.55. The zero-order chi connectivity index (χ0) is 10.4. The molecule has 0 amide bonds. The molecular weight excluding hydrogens is 183 g/mol. The normalized spacial score (nSPS) is 10.2. The fourth-order valence-corrected chi connectivity index (χ4v) is 1.11. The molecule has 0 aromatic heterocycles. The highest BCUT2D eigenvalue weighted by atomic mass is 19.3. The summed E-state index contributed by atoms with van der Waals surface area (Å²) < 4.78 is 16.7. The van der Waals surface area contributed by atoms with Gasteiger partial charge in [0.25, 0.3) is 0 Å². The van der Waals surface area contributed by atoms with Crippen LogP contribution in [-0.4, -0.2) is 13.2 Å². The van der Waals surface area contributed by atoms with Crippen LogP contribution in [0.3, 0.4) is 0 Å². The van der Waals surface area contributed by atoms with E-state index in [1.165, 1.54) is 11.1 Å². The Morgan fingerprint density at radius 3 is 2.57 bits per heavy atom. The van der Waals surface area contributed by atoms with Crippen molar-refractivity contribution in [3.63, 3.8) is 0 Å². The summed E-state index contributed by atoms with van der Waals surface area (Å²) in [5, 5.41) is 0. The molecule has 0 unspecified atom stereocenters. The second-order valence-corrected chi connectivity index (χ2v) is 3.26. The number of benzene rings is 1. The van der Waals surface area contributed by atoms with Gasteiger partial charge in [0.15, 0.2) is 0 Å².